The second kappa shape index (κ2) is 7.16. The van der Waals surface area contributed by atoms with Crippen molar-refractivity contribution in [3.05, 3.63) is 35.4 Å². The molecule has 24 heavy (non-hydrogen) atoms. The van der Waals surface area contributed by atoms with E-state index in [-0.39, 0.29) is 36.4 Å². The standard InChI is InChI=1S/C19H24N2O3/c1-14-2-4-15(5-3-14)17(22)8-9-18(23)20-10-12-21(13-11-20)19(24)16-6-7-16/h2-5,16H,6-13H2,1H3. The summed E-state index contributed by atoms with van der Waals surface area (Å²) in [6.07, 6.45) is 2.50. The molecule has 2 amide bonds. The van der Waals surface area contributed by atoms with Crippen LogP contribution >= 0.6 is 0 Å². The predicted molar refractivity (Wildman–Crippen MR) is 90.6 cm³/mol. The molecule has 0 unspecified atom stereocenters. The van der Waals surface area contributed by atoms with E-state index in [2.05, 4.69) is 0 Å². The summed E-state index contributed by atoms with van der Waals surface area (Å²) in [6.45, 7) is 4.37. The van der Waals surface area contributed by atoms with Crippen LogP contribution in [0.3, 0.4) is 0 Å². The van der Waals surface area contributed by atoms with E-state index in [1.165, 1.54) is 0 Å². The van der Waals surface area contributed by atoms with Gasteiger partial charge in [-0.25, -0.2) is 0 Å². The lowest BCUT2D eigenvalue weighted by molar-refractivity contribution is -0.140. The van der Waals surface area contributed by atoms with E-state index in [0.29, 0.717) is 31.7 Å². The first-order chi connectivity index (χ1) is 11.5. The number of piperazine rings is 1. The number of aryl methyl sites for hydroxylation is 1. The number of hydrogen-bond donors (Lipinski definition) is 0. The molecule has 0 bridgehead atoms. The van der Waals surface area contributed by atoms with Crippen LogP contribution in [0.4, 0.5) is 0 Å². The van der Waals surface area contributed by atoms with Crippen LogP contribution in [0.15, 0.2) is 24.3 Å². The molecule has 5 heteroatoms. The highest BCUT2D eigenvalue weighted by Crippen LogP contribution is 2.31. The highest BCUT2D eigenvalue weighted by molar-refractivity contribution is 5.98. The molecule has 1 saturated carbocycles. The van der Waals surface area contributed by atoms with E-state index >= 15 is 0 Å². The molecule has 0 aromatic heterocycles. The molecule has 0 spiro atoms. The fourth-order valence-electron chi connectivity index (χ4n) is 3.03. The van der Waals surface area contributed by atoms with Gasteiger partial charge in [0.2, 0.25) is 11.8 Å². The van der Waals surface area contributed by atoms with Crippen molar-refractivity contribution in [1.29, 1.82) is 0 Å². The van der Waals surface area contributed by atoms with Gasteiger partial charge in [-0.05, 0) is 19.8 Å². The number of carbonyl (C=O) groups is 3. The topological polar surface area (TPSA) is 57.7 Å². The number of rotatable bonds is 5. The van der Waals surface area contributed by atoms with Crippen LogP contribution < -0.4 is 0 Å². The largest absolute Gasteiger partial charge is 0.339 e. The van der Waals surface area contributed by atoms with Crippen molar-refractivity contribution in [2.75, 3.05) is 26.2 Å². The fourth-order valence-corrected chi connectivity index (χ4v) is 3.03. The zero-order chi connectivity index (χ0) is 17.1. The van der Waals surface area contributed by atoms with Crippen LogP contribution in [0, 0.1) is 12.8 Å². The normalized spacial score (nSPS) is 17.7. The van der Waals surface area contributed by atoms with Crippen molar-refractivity contribution >= 4 is 17.6 Å². The number of hydrogen-bond acceptors (Lipinski definition) is 3. The third kappa shape index (κ3) is 4.02. The number of ketones is 1. The van der Waals surface area contributed by atoms with Gasteiger partial charge in [-0.15, -0.1) is 0 Å². The first-order valence-electron chi connectivity index (χ1n) is 8.71. The molecule has 3 rings (SSSR count). The van der Waals surface area contributed by atoms with Crippen molar-refractivity contribution in [3.63, 3.8) is 0 Å². The third-order valence-electron chi connectivity index (χ3n) is 4.81. The van der Waals surface area contributed by atoms with Crippen LogP contribution in [0.1, 0.15) is 41.6 Å². The van der Waals surface area contributed by atoms with Gasteiger partial charge in [0.25, 0.3) is 0 Å². The highest BCUT2D eigenvalue weighted by Gasteiger charge is 2.35. The lowest BCUT2D eigenvalue weighted by Crippen LogP contribution is -2.51. The molecular formula is C19H24N2O3. The molecule has 1 aliphatic heterocycles. The third-order valence-corrected chi connectivity index (χ3v) is 4.81. The molecule has 128 valence electrons. The maximum Gasteiger partial charge on any atom is 0.225 e. The monoisotopic (exact) mass is 328 g/mol. The Labute approximate surface area is 142 Å². The van der Waals surface area contributed by atoms with E-state index in [4.69, 9.17) is 0 Å². The van der Waals surface area contributed by atoms with Crippen molar-refractivity contribution in [2.24, 2.45) is 5.92 Å². The summed E-state index contributed by atoms with van der Waals surface area (Å²) in [5, 5.41) is 0. The van der Waals surface area contributed by atoms with E-state index < -0.39 is 0 Å². The Hall–Kier alpha value is -2.17. The van der Waals surface area contributed by atoms with E-state index in [0.717, 1.165) is 18.4 Å². The zero-order valence-corrected chi connectivity index (χ0v) is 14.2. The molecule has 0 N–H and O–H groups in total. The summed E-state index contributed by atoms with van der Waals surface area (Å²) in [6, 6.07) is 7.44. The van der Waals surface area contributed by atoms with Gasteiger partial charge in [0.15, 0.2) is 5.78 Å². The number of Topliss-reactive ketones (excluding diaryl/α,β-unsaturated/α-hetero) is 1. The van der Waals surface area contributed by atoms with Gasteiger partial charge in [-0.3, -0.25) is 14.4 Å². The first-order valence-corrected chi connectivity index (χ1v) is 8.71. The quantitative estimate of drug-likeness (QED) is 0.777. The van der Waals surface area contributed by atoms with E-state index in [1.807, 2.05) is 36.1 Å². The SMILES string of the molecule is Cc1ccc(C(=O)CCC(=O)N2CCN(C(=O)C3CC3)CC2)cc1. The molecule has 5 nitrogen and oxygen atoms in total. The summed E-state index contributed by atoms with van der Waals surface area (Å²) in [5.74, 6) is 0.496. The van der Waals surface area contributed by atoms with Gasteiger partial charge in [-0.2, -0.15) is 0 Å². The van der Waals surface area contributed by atoms with Crippen LogP contribution in [-0.4, -0.2) is 53.6 Å². The molecule has 1 aliphatic carbocycles. The molecule has 1 aromatic carbocycles. The van der Waals surface area contributed by atoms with Gasteiger partial charge < -0.3 is 9.80 Å². The predicted octanol–water partition coefficient (Wildman–Crippen LogP) is 2.04. The minimum Gasteiger partial charge on any atom is -0.339 e. The molecule has 1 saturated heterocycles. The van der Waals surface area contributed by atoms with Crippen LogP contribution in [0.5, 0.6) is 0 Å². The molecule has 1 heterocycles. The maximum atomic E-state index is 12.3. The highest BCUT2D eigenvalue weighted by atomic mass is 16.2. The van der Waals surface area contributed by atoms with Gasteiger partial charge in [0.1, 0.15) is 0 Å². The summed E-state index contributed by atoms with van der Waals surface area (Å²) < 4.78 is 0. The first kappa shape index (κ1) is 16.7. The summed E-state index contributed by atoms with van der Waals surface area (Å²) in [4.78, 5) is 40.1. The van der Waals surface area contributed by atoms with Gasteiger partial charge >= 0.3 is 0 Å². The molecule has 0 atom stereocenters. The average Bonchev–Trinajstić information content (AvgIpc) is 3.44. The second-order valence-electron chi connectivity index (χ2n) is 6.77. The molecule has 2 fully saturated rings. The Morgan fingerprint density at radius 1 is 0.917 bits per heavy atom. The van der Waals surface area contributed by atoms with E-state index in [9.17, 15) is 14.4 Å². The number of amides is 2. The summed E-state index contributed by atoms with van der Waals surface area (Å²) in [7, 11) is 0. The smallest absolute Gasteiger partial charge is 0.225 e. The van der Waals surface area contributed by atoms with Gasteiger partial charge in [-0.1, -0.05) is 29.8 Å². The lowest BCUT2D eigenvalue weighted by Gasteiger charge is -2.35. The minimum absolute atomic E-state index is 0.00546. The molecular weight excluding hydrogens is 304 g/mol. The summed E-state index contributed by atoms with van der Waals surface area (Å²) >= 11 is 0. The number of carbonyl (C=O) groups excluding carboxylic acids is 3. The second-order valence-corrected chi connectivity index (χ2v) is 6.77. The Morgan fingerprint density at radius 3 is 2.08 bits per heavy atom. The Morgan fingerprint density at radius 2 is 1.50 bits per heavy atom. The fraction of sp³-hybridized carbons (Fsp3) is 0.526. The molecule has 0 radical (unpaired) electrons. The van der Waals surface area contributed by atoms with Gasteiger partial charge in [0, 0.05) is 50.5 Å². The van der Waals surface area contributed by atoms with Gasteiger partial charge in [0.05, 0.1) is 0 Å². The Balaban J connectivity index is 1.43. The summed E-state index contributed by atoms with van der Waals surface area (Å²) in [5.41, 5.74) is 1.77. The van der Waals surface area contributed by atoms with Crippen LogP contribution in [-0.2, 0) is 9.59 Å². The van der Waals surface area contributed by atoms with Crippen molar-refractivity contribution < 1.29 is 14.4 Å². The van der Waals surface area contributed by atoms with Crippen molar-refractivity contribution in [1.82, 2.24) is 9.80 Å². The Bertz CT molecular complexity index is 627. The molecule has 2 aliphatic rings. The van der Waals surface area contributed by atoms with E-state index in [1.54, 1.807) is 4.90 Å². The zero-order valence-electron chi connectivity index (χ0n) is 14.2. The van der Waals surface area contributed by atoms with Crippen LogP contribution in [0.25, 0.3) is 0 Å². The minimum atomic E-state index is 0.00546. The Kier molecular flexibility index (Phi) is 4.97. The number of nitrogens with zero attached hydrogens (tertiary/aromatic N) is 2. The van der Waals surface area contributed by atoms with Crippen molar-refractivity contribution in [2.45, 2.75) is 32.6 Å². The van der Waals surface area contributed by atoms with Crippen LogP contribution in [0.2, 0.25) is 0 Å². The maximum absolute atomic E-state index is 12.3. The average molecular weight is 328 g/mol. The number of benzene rings is 1. The lowest BCUT2D eigenvalue weighted by atomic mass is 10.0. The molecule has 1 aromatic rings. The van der Waals surface area contributed by atoms with Crippen molar-refractivity contribution in [3.8, 4) is 0 Å².